The van der Waals surface area contributed by atoms with Crippen LogP contribution in [0.4, 0.5) is 0 Å². The topological polar surface area (TPSA) is 23.5 Å². The molecule has 0 bridgehead atoms. The maximum absolute atomic E-state index is 9.86. The van der Waals surface area contributed by atoms with Crippen LogP contribution in [0.2, 0.25) is 5.02 Å². The van der Waals surface area contributed by atoms with Gasteiger partial charge in [-0.2, -0.15) is 0 Å². The average Bonchev–Trinajstić information content (AvgIpc) is 2.34. The Morgan fingerprint density at radius 2 is 2.06 bits per heavy atom. The first-order valence-corrected chi connectivity index (χ1v) is 7.13. The van der Waals surface area contributed by atoms with Crippen LogP contribution in [0.1, 0.15) is 38.2 Å². The summed E-state index contributed by atoms with van der Waals surface area (Å²) in [4.78, 5) is 2.36. The van der Waals surface area contributed by atoms with E-state index in [0.29, 0.717) is 16.8 Å². The smallest absolute Gasteiger partial charge is 0.120 e. The van der Waals surface area contributed by atoms with E-state index in [1.807, 2.05) is 6.07 Å². The number of phenols is 1. The lowest BCUT2D eigenvalue weighted by molar-refractivity contribution is 0.132. The van der Waals surface area contributed by atoms with Gasteiger partial charge in [-0.15, -0.1) is 0 Å². The van der Waals surface area contributed by atoms with Crippen molar-refractivity contribution in [2.75, 3.05) is 7.05 Å². The number of phenolic OH excluding ortho intramolecular Hbond substituents is 1. The molecular weight excluding hydrogens is 246 g/mol. The van der Waals surface area contributed by atoms with E-state index in [-0.39, 0.29) is 0 Å². The number of hydrogen-bond acceptors (Lipinski definition) is 2. The highest BCUT2D eigenvalue weighted by Gasteiger charge is 2.25. The van der Waals surface area contributed by atoms with E-state index >= 15 is 0 Å². The summed E-state index contributed by atoms with van der Waals surface area (Å²) in [6, 6.07) is 5.89. The van der Waals surface area contributed by atoms with Crippen molar-refractivity contribution in [2.45, 2.75) is 45.2 Å². The Bertz CT molecular complexity index is 407. The lowest BCUT2D eigenvalue weighted by Crippen LogP contribution is -2.38. The second-order valence-electron chi connectivity index (χ2n) is 5.52. The van der Waals surface area contributed by atoms with Crippen molar-refractivity contribution in [3.63, 3.8) is 0 Å². The molecule has 0 amide bonds. The fourth-order valence-corrected chi connectivity index (χ4v) is 3.21. The standard InChI is InChI=1S/C15H22ClNO/c1-11-5-3-4-6-14(11)17(2)10-12-9-13(16)7-8-15(12)18/h7-9,11,14,18H,3-6,10H2,1-2H3. The normalized spacial score (nSPS) is 24.4. The Kier molecular flexibility index (Phi) is 4.52. The largest absolute Gasteiger partial charge is 0.508 e. The molecule has 0 aromatic heterocycles. The minimum atomic E-state index is 0.342. The highest BCUT2D eigenvalue weighted by Crippen LogP contribution is 2.30. The van der Waals surface area contributed by atoms with Gasteiger partial charge in [-0.05, 0) is 44.0 Å². The zero-order valence-electron chi connectivity index (χ0n) is 11.2. The molecule has 2 rings (SSSR count). The van der Waals surface area contributed by atoms with E-state index in [1.165, 1.54) is 25.7 Å². The minimum absolute atomic E-state index is 0.342. The van der Waals surface area contributed by atoms with Gasteiger partial charge >= 0.3 is 0 Å². The van der Waals surface area contributed by atoms with Crippen LogP contribution >= 0.6 is 11.6 Å². The van der Waals surface area contributed by atoms with E-state index in [9.17, 15) is 5.11 Å². The zero-order chi connectivity index (χ0) is 13.1. The van der Waals surface area contributed by atoms with Crippen LogP contribution in [-0.2, 0) is 6.54 Å². The molecule has 1 N–H and O–H groups in total. The molecule has 3 heteroatoms. The third-order valence-corrected chi connectivity index (χ3v) is 4.33. The molecule has 2 atom stereocenters. The molecule has 0 saturated heterocycles. The molecule has 1 aliphatic rings. The molecule has 1 saturated carbocycles. The number of halogens is 1. The second-order valence-corrected chi connectivity index (χ2v) is 5.95. The Hall–Kier alpha value is -0.730. The van der Waals surface area contributed by atoms with Crippen molar-refractivity contribution in [3.8, 4) is 5.75 Å². The van der Waals surface area contributed by atoms with Crippen LogP contribution in [0, 0.1) is 5.92 Å². The highest BCUT2D eigenvalue weighted by molar-refractivity contribution is 6.30. The van der Waals surface area contributed by atoms with Gasteiger partial charge in [-0.1, -0.05) is 31.4 Å². The molecule has 1 aromatic carbocycles. The molecule has 2 unspecified atom stereocenters. The summed E-state index contributed by atoms with van der Waals surface area (Å²) in [7, 11) is 2.15. The molecule has 1 aromatic rings. The van der Waals surface area contributed by atoms with Gasteiger partial charge in [0.25, 0.3) is 0 Å². The van der Waals surface area contributed by atoms with Gasteiger partial charge in [0.1, 0.15) is 5.75 Å². The molecule has 100 valence electrons. The molecule has 0 heterocycles. The number of benzene rings is 1. The van der Waals surface area contributed by atoms with Gasteiger partial charge in [0.2, 0.25) is 0 Å². The van der Waals surface area contributed by atoms with E-state index in [0.717, 1.165) is 18.0 Å². The van der Waals surface area contributed by atoms with Crippen molar-refractivity contribution in [2.24, 2.45) is 5.92 Å². The van der Waals surface area contributed by atoms with Gasteiger partial charge in [-0.25, -0.2) is 0 Å². The minimum Gasteiger partial charge on any atom is -0.508 e. The Labute approximate surface area is 115 Å². The fraction of sp³-hybridized carbons (Fsp3) is 0.600. The van der Waals surface area contributed by atoms with Crippen molar-refractivity contribution >= 4 is 11.6 Å². The van der Waals surface area contributed by atoms with E-state index in [4.69, 9.17) is 11.6 Å². The number of rotatable bonds is 3. The van der Waals surface area contributed by atoms with E-state index < -0.39 is 0 Å². The van der Waals surface area contributed by atoms with E-state index in [2.05, 4.69) is 18.9 Å². The van der Waals surface area contributed by atoms with Crippen molar-refractivity contribution in [3.05, 3.63) is 28.8 Å². The first-order valence-electron chi connectivity index (χ1n) is 6.75. The molecule has 0 spiro atoms. The molecule has 18 heavy (non-hydrogen) atoms. The molecular formula is C15H22ClNO. The van der Waals surface area contributed by atoms with Crippen LogP contribution in [0.3, 0.4) is 0 Å². The monoisotopic (exact) mass is 267 g/mol. The molecule has 2 nitrogen and oxygen atoms in total. The van der Waals surface area contributed by atoms with Gasteiger partial charge in [-0.3, -0.25) is 4.90 Å². The molecule has 1 fully saturated rings. The maximum Gasteiger partial charge on any atom is 0.120 e. The molecule has 0 aliphatic heterocycles. The van der Waals surface area contributed by atoms with E-state index in [1.54, 1.807) is 12.1 Å². The van der Waals surface area contributed by atoms with Crippen LogP contribution < -0.4 is 0 Å². The predicted molar refractivity (Wildman–Crippen MR) is 76.0 cm³/mol. The van der Waals surface area contributed by atoms with Gasteiger partial charge in [0.15, 0.2) is 0 Å². The quantitative estimate of drug-likeness (QED) is 0.893. The first kappa shape index (κ1) is 13.7. The van der Waals surface area contributed by atoms with Crippen molar-refractivity contribution < 1.29 is 5.11 Å². The average molecular weight is 268 g/mol. The summed E-state index contributed by atoms with van der Waals surface area (Å²) < 4.78 is 0. The highest BCUT2D eigenvalue weighted by atomic mass is 35.5. The third kappa shape index (κ3) is 3.18. The summed E-state index contributed by atoms with van der Waals surface area (Å²) >= 11 is 5.99. The van der Waals surface area contributed by atoms with Gasteiger partial charge < -0.3 is 5.11 Å². The Morgan fingerprint density at radius 3 is 2.78 bits per heavy atom. The fourth-order valence-electron chi connectivity index (χ4n) is 3.02. The summed E-state index contributed by atoms with van der Waals surface area (Å²) in [6.07, 6.45) is 5.25. The Balaban J connectivity index is 2.05. The maximum atomic E-state index is 9.86. The van der Waals surface area contributed by atoms with Crippen LogP contribution in [0.15, 0.2) is 18.2 Å². The predicted octanol–water partition coefficient (Wildman–Crippen LogP) is 4.06. The number of aromatic hydroxyl groups is 1. The van der Waals surface area contributed by atoms with Crippen LogP contribution in [0.25, 0.3) is 0 Å². The lowest BCUT2D eigenvalue weighted by atomic mass is 9.85. The number of nitrogens with zero attached hydrogens (tertiary/aromatic N) is 1. The molecule has 1 aliphatic carbocycles. The van der Waals surface area contributed by atoms with Crippen LogP contribution in [0.5, 0.6) is 5.75 Å². The summed E-state index contributed by atoms with van der Waals surface area (Å²) in [5.74, 6) is 1.08. The van der Waals surface area contributed by atoms with Gasteiger partial charge in [0, 0.05) is 23.2 Å². The second kappa shape index (κ2) is 5.94. The Morgan fingerprint density at radius 1 is 1.33 bits per heavy atom. The van der Waals surface area contributed by atoms with Gasteiger partial charge in [0.05, 0.1) is 0 Å². The summed E-state index contributed by atoms with van der Waals surface area (Å²) in [5.41, 5.74) is 0.919. The SMILES string of the molecule is CC1CCCCC1N(C)Cc1cc(Cl)ccc1O. The summed E-state index contributed by atoms with van der Waals surface area (Å²) in [5, 5.41) is 10.6. The van der Waals surface area contributed by atoms with Crippen molar-refractivity contribution in [1.82, 2.24) is 4.90 Å². The van der Waals surface area contributed by atoms with Crippen LogP contribution in [-0.4, -0.2) is 23.1 Å². The summed E-state index contributed by atoms with van der Waals surface area (Å²) in [6.45, 7) is 3.10. The molecule has 0 radical (unpaired) electrons. The third-order valence-electron chi connectivity index (χ3n) is 4.09. The van der Waals surface area contributed by atoms with Crippen molar-refractivity contribution in [1.29, 1.82) is 0 Å². The number of hydrogen-bond donors (Lipinski definition) is 1. The lowest BCUT2D eigenvalue weighted by Gasteiger charge is -2.36. The first-order chi connectivity index (χ1) is 8.58. The zero-order valence-corrected chi connectivity index (χ0v) is 12.0.